The number of rotatable bonds is 9. The third kappa shape index (κ3) is 6.82. The van der Waals surface area contributed by atoms with Crippen molar-refractivity contribution in [2.24, 2.45) is 4.99 Å². The van der Waals surface area contributed by atoms with Gasteiger partial charge in [0, 0.05) is 0 Å². The quantitative estimate of drug-likeness (QED) is 0.211. The Kier molecular flexibility index (Phi) is 8.93. The zero-order chi connectivity index (χ0) is 25.5. The number of nitrogens with one attached hydrogen (secondary N) is 1. The van der Waals surface area contributed by atoms with Gasteiger partial charge < -0.3 is 19.5 Å². The van der Waals surface area contributed by atoms with Crippen LogP contribution in [0.2, 0.25) is 0 Å². The number of thioether (sulfide) groups is 1. The number of amidine groups is 1. The molecule has 186 valence electrons. The van der Waals surface area contributed by atoms with E-state index >= 15 is 0 Å². The number of hydrogen-bond donors (Lipinski definition) is 1. The Morgan fingerprint density at radius 3 is 2.39 bits per heavy atom. The molecule has 1 amide bonds. The largest absolute Gasteiger partial charge is 0.494 e. The minimum absolute atomic E-state index is 0.183. The van der Waals surface area contributed by atoms with Gasteiger partial charge in [-0.2, -0.15) is 0 Å². The zero-order valence-corrected chi connectivity index (χ0v) is 23.3. The van der Waals surface area contributed by atoms with Crippen LogP contribution in [0.1, 0.15) is 30.5 Å². The molecule has 0 spiro atoms. The zero-order valence-electron chi connectivity index (χ0n) is 20.3. The first-order chi connectivity index (χ1) is 17.4. The van der Waals surface area contributed by atoms with Crippen molar-refractivity contribution in [1.82, 2.24) is 5.32 Å². The molecule has 0 aliphatic carbocycles. The first-order valence-electron chi connectivity index (χ1n) is 11.6. The fraction of sp³-hybridized carbons (Fsp3) is 0.214. The van der Waals surface area contributed by atoms with Crippen LogP contribution in [0.4, 0.5) is 5.69 Å². The lowest BCUT2D eigenvalue weighted by Gasteiger charge is -2.15. The number of ether oxygens (including phenoxy) is 3. The second-order valence-electron chi connectivity index (χ2n) is 7.95. The van der Waals surface area contributed by atoms with Crippen LogP contribution in [0.15, 0.2) is 70.6 Å². The van der Waals surface area contributed by atoms with Gasteiger partial charge in [0.05, 0.1) is 27.4 Å². The number of aryl methyl sites for hydroxylation is 1. The number of halogens is 1. The summed E-state index contributed by atoms with van der Waals surface area (Å²) < 4.78 is 18.4. The van der Waals surface area contributed by atoms with E-state index in [0.717, 1.165) is 26.1 Å². The predicted octanol–water partition coefficient (Wildman–Crippen LogP) is 6.87. The monoisotopic (exact) mass is 614 g/mol. The van der Waals surface area contributed by atoms with Crippen molar-refractivity contribution >= 4 is 57.2 Å². The van der Waals surface area contributed by atoms with Crippen LogP contribution in [0, 0.1) is 10.5 Å². The number of carbonyl (C=O) groups is 1. The highest BCUT2D eigenvalue weighted by Gasteiger charge is 2.24. The second kappa shape index (κ2) is 12.3. The van der Waals surface area contributed by atoms with E-state index in [4.69, 9.17) is 14.2 Å². The van der Waals surface area contributed by atoms with Crippen molar-refractivity contribution in [3.8, 4) is 17.2 Å². The standard InChI is InChI=1S/C28H27IN2O4S/c1-4-33-22-12-10-21(11-13-22)30-28-31-27(32)25(36-28)16-20-14-23(29)26(24(15-20)34-5-2)35-17-19-8-6-18(3)7-9-19/h6-16H,4-5,17H2,1-3H3,(H,30,31,32)/b25-16+. The molecular weight excluding hydrogens is 587 g/mol. The molecule has 0 saturated carbocycles. The predicted molar refractivity (Wildman–Crippen MR) is 154 cm³/mol. The SMILES string of the molecule is CCOc1ccc(N=C2NC(=O)/C(=C\c3cc(I)c(OCc4ccc(C)cc4)c(OCC)c3)S2)cc1. The van der Waals surface area contributed by atoms with Crippen molar-refractivity contribution in [1.29, 1.82) is 0 Å². The van der Waals surface area contributed by atoms with Crippen molar-refractivity contribution in [3.05, 3.63) is 85.8 Å². The Bertz CT molecular complexity index is 1290. The van der Waals surface area contributed by atoms with Gasteiger partial charge >= 0.3 is 0 Å². The van der Waals surface area contributed by atoms with Gasteiger partial charge in [-0.15, -0.1) is 0 Å². The first-order valence-corrected chi connectivity index (χ1v) is 13.5. The number of benzene rings is 3. The normalized spacial score (nSPS) is 15.3. The molecule has 36 heavy (non-hydrogen) atoms. The number of aliphatic imine (C=N–C) groups is 1. The summed E-state index contributed by atoms with van der Waals surface area (Å²) in [5.41, 5.74) is 3.89. The number of amides is 1. The van der Waals surface area contributed by atoms with Gasteiger partial charge in [0.25, 0.3) is 5.91 Å². The van der Waals surface area contributed by atoms with Gasteiger partial charge in [-0.25, -0.2) is 4.99 Å². The van der Waals surface area contributed by atoms with Gasteiger partial charge in [-0.05, 0) is 109 Å². The molecule has 4 rings (SSSR count). The van der Waals surface area contributed by atoms with Gasteiger partial charge in [0.1, 0.15) is 12.4 Å². The number of carbonyl (C=O) groups excluding carboxylic acids is 1. The molecule has 1 aliphatic rings. The average molecular weight is 615 g/mol. The first kappa shape index (κ1) is 26.1. The summed E-state index contributed by atoms with van der Waals surface area (Å²) in [6, 6.07) is 19.6. The topological polar surface area (TPSA) is 69.2 Å². The summed E-state index contributed by atoms with van der Waals surface area (Å²) in [4.78, 5) is 17.7. The Balaban J connectivity index is 1.51. The fourth-order valence-corrected chi connectivity index (χ4v) is 5.07. The number of nitrogens with zero attached hydrogens (tertiary/aromatic N) is 1. The van der Waals surface area contributed by atoms with Gasteiger partial charge in [0.2, 0.25) is 0 Å². The second-order valence-corrected chi connectivity index (χ2v) is 10.1. The molecule has 0 aromatic heterocycles. The summed E-state index contributed by atoms with van der Waals surface area (Å²) in [5, 5.41) is 3.37. The Morgan fingerprint density at radius 1 is 0.972 bits per heavy atom. The summed E-state index contributed by atoms with van der Waals surface area (Å²) in [6.07, 6.45) is 1.84. The summed E-state index contributed by atoms with van der Waals surface area (Å²) in [5.74, 6) is 1.95. The molecule has 1 aliphatic heterocycles. The molecule has 0 unspecified atom stereocenters. The van der Waals surface area contributed by atoms with Gasteiger partial charge in [0.15, 0.2) is 16.7 Å². The minimum Gasteiger partial charge on any atom is -0.494 e. The van der Waals surface area contributed by atoms with Crippen molar-refractivity contribution in [2.75, 3.05) is 13.2 Å². The van der Waals surface area contributed by atoms with Crippen LogP contribution < -0.4 is 19.5 Å². The minimum atomic E-state index is -0.183. The summed E-state index contributed by atoms with van der Waals surface area (Å²) in [6.45, 7) is 7.50. The van der Waals surface area contributed by atoms with Crippen LogP contribution in [0.5, 0.6) is 17.2 Å². The molecule has 1 N–H and O–H groups in total. The smallest absolute Gasteiger partial charge is 0.264 e. The van der Waals surface area contributed by atoms with Crippen LogP contribution in [-0.2, 0) is 11.4 Å². The van der Waals surface area contributed by atoms with E-state index in [-0.39, 0.29) is 5.91 Å². The maximum Gasteiger partial charge on any atom is 0.264 e. The highest BCUT2D eigenvalue weighted by Crippen LogP contribution is 2.37. The van der Waals surface area contributed by atoms with E-state index in [9.17, 15) is 4.79 Å². The van der Waals surface area contributed by atoms with E-state index in [1.807, 2.05) is 56.3 Å². The molecule has 1 fully saturated rings. The maximum absolute atomic E-state index is 12.6. The van der Waals surface area contributed by atoms with Crippen LogP contribution >= 0.6 is 34.4 Å². The maximum atomic E-state index is 12.6. The highest BCUT2D eigenvalue weighted by molar-refractivity contribution is 14.1. The lowest BCUT2D eigenvalue weighted by atomic mass is 10.1. The average Bonchev–Trinajstić information content (AvgIpc) is 3.19. The van der Waals surface area contributed by atoms with Crippen molar-refractivity contribution in [3.63, 3.8) is 0 Å². The van der Waals surface area contributed by atoms with E-state index in [2.05, 4.69) is 64.1 Å². The Morgan fingerprint density at radius 2 is 1.69 bits per heavy atom. The fourth-order valence-electron chi connectivity index (χ4n) is 3.45. The summed E-state index contributed by atoms with van der Waals surface area (Å²) >= 11 is 3.55. The highest BCUT2D eigenvalue weighted by atomic mass is 127. The molecule has 1 heterocycles. The Hall–Kier alpha value is -2.98. The molecule has 0 atom stereocenters. The van der Waals surface area contributed by atoms with Crippen molar-refractivity contribution < 1.29 is 19.0 Å². The molecule has 3 aromatic rings. The molecule has 6 nitrogen and oxygen atoms in total. The molecule has 0 radical (unpaired) electrons. The van der Waals surface area contributed by atoms with E-state index in [1.165, 1.54) is 17.3 Å². The van der Waals surface area contributed by atoms with Crippen LogP contribution in [0.3, 0.4) is 0 Å². The van der Waals surface area contributed by atoms with Gasteiger partial charge in [-0.1, -0.05) is 29.8 Å². The third-order valence-corrected chi connectivity index (χ3v) is 6.87. The molecule has 8 heteroatoms. The Labute approximate surface area is 229 Å². The number of hydrogen-bond acceptors (Lipinski definition) is 6. The molecule has 1 saturated heterocycles. The van der Waals surface area contributed by atoms with E-state index in [1.54, 1.807) is 0 Å². The lowest BCUT2D eigenvalue weighted by molar-refractivity contribution is -0.115. The van der Waals surface area contributed by atoms with E-state index in [0.29, 0.717) is 41.4 Å². The molecule has 0 bridgehead atoms. The van der Waals surface area contributed by atoms with E-state index < -0.39 is 0 Å². The van der Waals surface area contributed by atoms with Crippen LogP contribution in [-0.4, -0.2) is 24.3 Å². The molecular formula is C28H27IN2O4S. The lowest BCUT2D eigenvalue weighted by Crippen LogP contribution is -2.19. The van der Waals surface area contributed by atoms with Gasteiger partial charge in [-0.3, -0.25) is 4.79 Å². The van der Waals surface area contributed by atoms with Crippen LogP contribution in [0.25, 0.3) is 6.08 Å². The molecule has 3 aromatic carbocycles. The third-order valence-electron chi connectivity index (χ3n) is 5.16. The van der Waals surface area contributed by atoms with Crippen molar-refractivity contribution in [2.45, 2.75) is 27.4 Å². The summed E-state index contributed by atoms with van der Waals surface area (Å²) in [7, 11) is 0.